The van der Waals surface area contributed by atoms with Crippen LogP contribution in [0.1, 0.15) is 27.9 Å². The number of halogens is 1. The van der Waals surface area contributed by atoms with Gasteiger partial charge in [-0.15, -0.1) is 0 Å². The zero-order chi connectivity index (χ0) is 17.8. The van der Waals surface area contributed by atoms with Crippen molar-refractivity contribution in [3.63, 3.8) is 0 Å². The van der Waals surface area contributed by atoms with E-state index in [0.29, 0.717) is 47.6 Å². The molecule has 0 atom stereocenters. The van der Waals surface area contributed by atoms with E-state index in [1.807, 2.05) is 19.1 Å². The maximum Gasteiger partial charge on any atom is 0.251 e. The fraction of sp³-hybridized carbons (Fsp3) is 0.316. The summed E-state index contributed by atoms with van der Waals surface area (Å²) in [6, 6.07) is 8.99. The number of benzene rings is 2. The fourth-order valence-corrected chi connectivity index (χ4v) is 2.92. The quantitative estimate of drug-likeness (QED) is 0.901. The van der Waals surface area contributed by atoms with Gasteiger partial charge >= 0.3 is 0 Å². The zero-order valence-corrected chi connectivity index (χ0v) is 15.0. The van der Waals surface area contributed by atoms with Crippen LogP contribution >= 0.6 is 11.6 Å². The van der Waals surface area contributed by atoms with E-state index in [0.717, 1.165) is 17.5 Å². The molecule has 6 heteroatoms. The van der Waals surface area contributed by atoms with Crippen molar-refractivity contribution >= 4 is 17.5 Å². The molecule has 2 aromatic carbocycles. The molecule has 2 aromatic rings. The van der Waals surface area contributed by atoms with Gasteiger partial charge in [-0.25, -0.2) is 0 Å². The molecule has 25 heavy (non-hydrogen) atoms. The molecule has 0 aliphatic carbocycles. The van der Waals surface area contributed by atoms with Crippen molar-refractivity contribution in [2.24, 2.45) is 0 Å². The largest absolute Gasteiger partial charge is 0.496 e. The minimum Gasteiger partial charge on any atom is -0.496 e. The first-order chi connectivity index (χ1) is 12.1. The minimum absolute atomic E-state index is 0.179. The van der Waals surface area contributed by atoms with E-state index in [1.165, 1.54) is 0 Å². The predicted octanol–water partition coefficient (Wildman–Crippen LogP) is 3.75. The van der Waals surface area contributed by atoms with Gasteiger partial charge in [0.1, 0.15) is 5.75 Å². The van der Waals surface area contributed by atoms with E-state index in [9.17, 15) is 4.79 Å². The summed E-state index contributed by atoms with van der Waals surface area (Å²) in [5.74, 6) is 1.69. The molecule has 1 heterocycles. The lowest BCUT2D eigenvalue weighted by Gasteiger charge is -2.12. The Kier molecular flexibility index (Phi) is 5.34. The van der Waals surface area contributed by atoms with Gasteiger partial charge in [0.2, 0.25) is 0 Å². The highest BCUT2D eigenvalue weighted by Crippen LogP contribution is 2.38. The minimum atomic E-state index is -0.179. The van der Waals surface area contributed by atoms with Crippen molar-refractivity contribution < 1.29 is 19.0 Å². The molecule has 3 rings (SSSR count). The highest BCUT2D eigenvalue weighted by Gasteiger charge is 2.16. The summed E-state index contributed by atoms with van der Waals surface area (Å²) in [7, 11) is 1.59. The third kappa shape index (κ3) is 3.99. The lowest BCUT2D eigenvalue weighted by Crippen LogP contribution is -2.22. The van der Waals surface area contributed by atoms with E-state index >= 15 is 0 Å². The smallest absolute Gasteiger partial charge is 0.251 e. The Morgan fingerprint density at radius 3 is 2.84 bits per heavy atom. The highest BCUT2D eigenvalue weighted by atomic mass is 35.5. The summed E-state index contributed by atoms with van der Waals surface area (Å²) < 4.78 is 16.5. The molecular formula is C19H20ClNO4. The molecule has 1 amide bonds. The molecule has 0 spiro atoms. The van der Waals surface area contributed by atoms with E-state index in [1.54, 1.807) is 25.3 Å². The number of rotatable bonds is 4. The lowest BCUT2D eigenvalue weighted by molar-refractivity contribution is 0.0950. The predicted molar refractivity (Wildman–Crippen MR) is 96.0 cm³/mol. The van der Waals surface area contributed by atoms with Gasteiger partial charge in [0.25, 0.3) is 5.91 Å². The molecule has 5 nitrogen and oxygen atoms in total. The molecule has 1 N–H and O–H groups in total. The average molecular weight is 362 g/mol. The summed E-state index contributed by atoms with van der Waals surface area (Å²) in [4.78, 5) is 12.4. The van der Waals surface area contributed by atoms with Crippen LogP contribution in [0.3, 0.4) is 0 Å². The number of nitrogens with one attached hydrogen (secondary N) is 1. The van der Waals surface area contributed by atoms with E-state index in [-0.39, 0.29) is 5.91 Å². The Morgan fingerprint density at radius 2 is 2.04 bits per heavy atom. The first-order valence-electron chi connectivity index (χ1n) is 8.09. The van der Waals surface area contributed by atoms with Crippen LogP contribution < -0.4 is 19.5 Å². The normalized spacial score (nSPS) is 13.1. The molecule has 0 saturated carbocycles. The second-order valence-corrected chi connectivity index (χ2v) is 6.23. The number of aryl methyl sites for hydroxylation is 1. The van der Waals surface area contributed by atoms with Crippen LogP contribution in [-0.4, -0.2) is 26.2 Å². The Labute approximate surface area is 151 Å². The Morgan fingerprint density at radius 1 is 1.24 bits per heavy atom. The monoisotopic (exact) mass is 361 g/mol. The third-order valence-corrected chi connectivity index (χ3v) is 4.27. The summed E-state index contributed by atoms with van der Waals surface area (Å²) in [6.45, 7) is 3.44. The van der Waals surface area contributed by atoms with Crippen molar-refractivity contribution in [2.75, 3.05) is 20.3 Å². The second-order valence-electron chi connectivity index (χ2n) is 5.82. The molecule has 1 aliphatic rings. The summed E-state index contributed by atoms with van der Waals surface area (Å²) in [5.41, 5.74) is 2.37. The fourth-order valence-electron chi connectivity index (χ4n) is 2.63. The molecule has 0 aromatic heterocycles. The van der Waals surface area contributed by atoms with E-state index in [4.69, 9.17) is 25.8 Å². The van der Waals surface area contributed by atoms with Crippen molar-refractivity contribution in [1.82, 2.24) is 5.32 Å². The average Bonchev–Trinajstić information content (AvgIpc) is 2.86. The van der Waals surface area contributed by atoms with Crippen LogP contribution in [0.15, 0.2) is 30.3 Å². The molecule has 0 radical (unpaired) electrons. The van der Waals surface area contributed by atoms with Gasteiger partial charge in [-0.2, -0.15) is 0 Å². The Bertz CT molecular complexity index is 791. The second kappa shape index (κ2) is 7.66. The topological polar surface area (TPSA) is 56.8 Å². The lowest BCUT2D eigenvalue weighted by atomic mass is 10.1. The number of carbonyl (C=O) groups excluding carboxylic acids is 1. The van der Waals surface area contributed by atoms with Crippen LogP contribution in [0.2, 0.25) is 5.02 Å². The van der Waals surface area contributed by atoms with E-state index < -0.39 is 0 Å². The summed E-state index contributed by atoms with van der Waals surface area (Å²) in [5, 5.41) is 3.37. The molecule has 132 valence electrons. The number of hydrogen-bond donors (Lipinski definition) is 1. The standard InChI is InChI=1S/C19H20ClNO4/c1-12-4-5-14(10-16(12)23-2)19(22)21-11-13-8-15(20)18-17(9-13)24-6-3-7-25-18/h4-5,8-10H,3,6-7,11H2,1-2H3,(H,21,22). The van der Waals surface area contributed by atoms with Crippen molar-refractivity contribution in [2.45, 2.75) is 19.9 Å². The van der Waals surface area contributed by atoms with Crippen LogP contribution in [0.5, 0.6) is 17.2 Å². The van der Waals surface area contributed by atoms with Gasteiger partial charge in [-0.1, -0.05) is 17.7 Å². The van der Waals surface area contributed by atoms with Gasteiger partial charge in [-0.05, 0) is 42.3 Å². The first-order valence-corrected chi connectivity index (χ1v) is 8.47. The van der Waals surface area contributed by atoms with E-state index in [2.05, 4.69) is 5.32 Å². The summed E-state index contributed by atoms with van der Waals surface area (Å²) in [6.07, 6.45) is 0.812. The van der Waals surface area contributed by atoms with Crippen LogP contribution in [0.25, 0.3) is 0 Å². The van der Waals surface area contributed by atoms with Crippen LogP contribution in [0, 0.1) is 6.92 Å². The molecule has 1 aliphatic heterocycles. The number of ether oxygens (including phenoxy) is 3. The van der Waals surface area contributed by atoms with Crippen molar-refractivity contribution in [3.8, 4) is 17.2 Å². The van der Waals surface area contributed by atoms with Gasteiger partial charge in [0.05, 0.1) is 25.3 Å². The van der Waals surface area contributed by atoms with Gasteiger partial charge < -0.3 is 19.5 Å². The Balaban J connectivity index is 1.72. The summed E-state index contributed by atoms with van der Waals surface area (Å²) >= 11 is 6.27. The number of methoxy groups -OCH3 is 1. The maximum absolute atomic E-state index is 12.4. The molecule has 0 unspecified atom stereocenters. The number of fused-ring (bicyclic) bond motifs is 1. The van der Waals surface area contributed by atoms with Crippen LogP contribution in [-0.2, 0) is 6.54 Å². The van der Waals surface area contributed by atoms with Crippen molar-refractivity contribution in [3.05, 3.63) is 52.0 Å². The number of amides is 1. The van der Waals surface area contributed by atoms with Gasteiger partial charge in [0.15, 0.2) is 11.5 Å². The molecule has 0 bridgehead atoms. The molecule has 0 fully saturated rings. The molecular weight excluding hydrogens is 342 g/mol. The zero-order valence-electron chi connectivity index (χ0n) is 14.2. The SMILES string of the molecule is COc1cc(C(=O)NCc2cc(Cl)c3c(c2)OCCCO3)ccc1C. The highest BCUT2D eigenvalue weighted by molar-refractivity contribution is 6.32. The maximum atomic E-state index is 12.4. The van der Waals surface area contributed by atoms with Gasteiger partial charge in [0, 0.05) is 18.5 Å². The number of carbonyl (C=O) groups is 1. The van der Waals surface area contributed by atoms with Crippen LogP contribution in [0.4, 0.5) is 0 Å². The molecule has 0 saturated heterocycles. The first kappa shape index (κ1) is 17.4. The third-order valence-electron chi connectivity index (χ3n) is 3.99. The number of hydrogen-bond acceptors (Lipinski definition) is 4. The Hall–Kier alpha value is -2.40. The van der Waals surface area contributed by atoms with Gasteiger partial charge in [-0.3, -0.25) is 4.79 Å². The van der Waals surface area contributed by atoms with Crippen molar-refractivity contribution in [1.29, 1.82) is 0 Å².